The van der Waals surface area contributed by atoms with Crippen LogP contribution in [0.4, 0.5) is 0 Å². The first-order valence-corrected chi connectivity index (χ1v) is 7.53. The van der Waals surface area contributed by atoms with Gasteiger partial charge in [-0.2, -0.15) is 0 Å². The Morgan fingerprint density at radius 1 is 1.11 bits per heavy atom. The summed E-state index contributed by atoms with van der Waals surface area (Å²) >= 11 is 0. The minimum absolute atomic E-state index is 0.00486. The topological polar surface area (TPSA) is 26.3 Å². The number of carbonyl (C=O) groups excluding carboxylic acids is 1. The minimum atomic E-state index is -0.00486. The second-order valence-corrected chi connectivity index (χ2v) is 6.83. The molecular weight excluding hydrogens is 224 g/mol. The van der Waals surface area contributed by atoms with Crippen molar-refractivity contribution < 1.29 is 9.53 Å². The first-order valence-electron chi connectivity index (χ1n) is 7.53. The van der Waals surface area contributed by atoms with Gasteiger partial charge in [-0.25, -0.2) is 0 Å². The van der Waals surface area contributed by atoms with E-state index in [0.29, 0.717) is 23.7 Å². The molecule has 0 bridgehead atoms. The van der Waals surface area contributed by atoms with E-state index in [1.807, 2.05) is 6.92 Å². The molecule has 0 aromatic rings. The molecule has 0 aliphatic heterocycles. The number of hydrogen-bond acceptors (Lipinski definition) is 2. The number of rotatable bonds is 4. The summed E-state index contributed by atoms with van der Waals surface area (Å²) in [6.07, 6.45) is 3.66. The Morgan fingerprint density at radius 3 is 2.22 bits per heavy atom. The number of carbonyl (C=O) groups is 1. The van der Waals surface area contributed by atoms with E-state index in [2.05, 4.69) is 34.6 Å². The normalized spacial score (nSPS) is 30.6. The third kappa shape index (κ3) is 4.00. The maximum absolute atomic E-state index is 12.1. The Labute approximate surface area is 112 Å². The second-order valence-electron chi connectivity index (χ2n) is 6.83. The lowest BCUT2D eigenvalue weighted by atomic mass is 9.75. The van der Waals surface area contributed by atoms with Crippen LogP contribution >= 0.6 is 0 Å². The average Bonchev–Trinajstić information content (AvgIpc) is 2.27. The number of esters is 1. The zero-order chi connectivity index (χ0) is 13.9. The lowest BCUT2D eigenvalue weighted by Gasteiger charge is -2.37. The Kier molecular flexibility index (Phi) is 5.68. The van der Waals surface area contributed by atoms with Gasteiger partial charge in [0.2, 0.25) is 0 Å². The molecular formula is C16H30O2. The molecule has 1 aliphatic carbocycles. The van der Waals surface area contributed by atoms with Crippen molar-refractivity contribution in [1.82, 2.24) is 0 Å². The van der Waals surface area contributed by atoms with Gasteiger partial charge >= 0.3 is 5.97 Å². The van der Waals surface area contributed by atoms with Crippen LogP contribution in [-0.4, -0.2) is 12.1 Å². The van der Waals surface area contributed by atoms with Gasteiger partial charge in [-0.3, -0.25) is 4.79 Å². The van der Waals surface area contributed by atoms with E-state index < -0.39 is 0 Å². The maximum Gasteiger partial charge on any atom is 0.309 e. The zero-order valence-electron chi connectivity index (χ0n) is 12.9. The van der Waals surface area contributed by atoms with Crippen LogP contribution in [-0.2, 0) is 9.53 Å². The highest BCUT2D eigenvalue weighted by molar-refractivity contribution is 5.72. The predicted molar refractivity (Wildman–Crippen MR) is 75.2 cm³/mol. The first-order chi connectivity index (χ1) is 8.32. The van der Waals surface area contributed by atoms with Gasteiger partial charge in [0, 0.05) is 0 Å². The van der Waals surface area contributed by atoms with Crippen molar-refractivity contribution in [3.63, 3.8) is 0 Å². The smallest absolute Gasteiger partial charge is 0.309 e. The van der Waals surface area contributed by atoms with Gasteiger partial charge in [0.15, 0.2) is 0 Å². The van der Waals surface area contributed by atoms with Crippen LogP contribution < -0.4 is 0 Å². The molecule has 0 saturated heterocycles. The molecule has 0 N–H and O–H groups in total. The van der Waals surface area contributed by atoms with Crippen molar-refractivity contribution in [1.29, 1.82) is 0 Å². The highest BCUT2D eigenvalue weighted by Crippen LogP contribution is 2.35. The molecule has 1 saturated carbocycles. The second kappa shape index (κ2) is 6.58. The SMILES string of the molecule is CC(C)[C@H](C)C(=O)O[C@@H]1C[C@@H](C)CC[C@H]1C(C)C. The number of hydrogen-bond donors (Lipinski definition) is 0. The number of ether oxygens (including phenoxy) is 1. The van der Waals surface area contributed by atoms with E-state index in [4.69, 9.17) is 4.74 Å². The van der Waals surface area contributed by atoms with Crippen molar-refractivity contribution in [2.24, 2.45) is 29.6 Å². The van der Waals surface area contributed by atoms with Crippen molar-refractivity contribution in [3.8, 4) is 0 Å². The van der Waals surface area contributed by atoms with Gasteiger partial charge in [0.05, 0.1) is 5.92 Å². The summed E-state index contributed by atoms with van der Waals surface area (Å²) in [7, 11) is 0. The summed E-state index contributed by atoms with van der Waals surface area (Å²) in [5.74, 6) is 2.20. The molecule has 106 valence electrons. The zero-order valence-corrected chi connectivity index (χ0v) is 12.9. The molecule has 0 amide bonds. The van der Waals surface area contributed by atoms with Crippen LogP contribution in [0.25, 0.3) is 0 Å². The fraction of sp³-hybridized carbons (Fsp3) is 0.938. The van der Waals surface area contributed by atoms with E-state index in [-0.39, 0.29) is 18.0 Å². The fourth-order valence-electron chi connectivity index (χ4n) is 2.78. The largest absolute Gasteiger partial charge is 0.462 e. The summed E-state index contributed by atoms with van der Waals surface area (Å²) in [5, 5.41) is 0. The molecule has 0 heterocycles. The molecule has 4 atom stereocenters. The molecule has 1 aliphatic rings. The van der Waals surface area contributed by atoms with E-state index in [9.17, 15) is 4.79 Å². The third-order valence-corrected chi connectivity index (χ3v) is 4.60. The van der Waals surface area contributed by atoms with Crippen LogP contribution in [0.2, 0.25) is 0 Å². The summed E-state index contributed by atoms with van der Waals surface area (Å²) in [6, 6.07) is 0. The van der Waals surface area contributed by atoms with Crippen molar-refractivity contribution >= 4 is 5.97 Å². The fourth-order valence-corrected chi connectivity index (χ4v) is 2.78. The summed E-state index contributed by atoms with van der Waals surface area (Å²) < 4.78 is 5.82. The van der Waals surface area contributed by atoms with E-state index in [1.165, 1.54) is 12.8 Å². The first kappa shape index (κ1) is 15.5. The molecule has 1 fully saturated rings. The Balaban J connectivity index is 2.63. The highest BCUT2D eigenvalue weighted by Gasteiger charge is 2.34. The van der Waals surface area contributed by atoms with Crippen LogP contribution in [0.3, 0.4) is 0 Å². The molecule has 2 heteroatoms. The Hall–Kier alpha value is -0.530. The summed E-state index contributed by atoms with van der Waals surface area (Å²) in [6.45, 7) is 12.9. The summed E-state index contributed by atoms with van der Waals surface area (Å²) in [5.41, 5.74) is 0. The molecule has 18 heavy (non-hydrogen) atoms. The van der Waals surface area contributed by atoms with E-state index in [0.717, 1.165) is 6.42 Å². The van der Waals surface area contributed by atoms with Gasteiger partial charge in [0.25, 0.3) is 0 Å². The minimum Gasteiger partial charge on any atom is -0.462 e. The molecule has 0 spiro atoms. The van der Waals surface area contributed by atoms with Gasteiger partial charge in [-0.15, -0.1) is 0 Å². The Morgan fingerprint density at radius 2 is 1.72 bits per heavy atom. The average molecular weight is 254 g/mol. The van der Waals surface area contributed by atoms with Crippen LogP contribution in [0.1, 0.15) is 60.8 Å². The van der Waals surface area contributed by atoms with Crippen molar-refractivity contribution in [3.05, 3.63) is 0 Å². The summed E-state index contributed by atoms with van der Waals surface area (Å²) in [4.78, 5) is 12.1. The molecule has 2 nitrogen and oxygen atoms in total. The predicted octanol–water partition coefficient (Wildman–Crippen LogP) is 4.28. The van der Waals surface area contributed by atoms with Crippen molar-refractivity contribution in [2.45, 2.75) is 66.9 Å². The van der Waals surface area contributed by atoms with Gasteiger partial charge in [0.1, 0.15) is 6.10 Å². The monoisotopic (exact) mass is 254 g/mol. The lowest BCUT2D eigenvalue weighted by molar-refractivity contribution is -0.161. The molecule has 1 rings (SSSR count). The van der Waals surface area contributed by atoms with Crippen LogP contribution in [0.15, 0.2) is 0 Å². The van der Waals surface area contributed by atoms with Crippen LogP contribution in [0.5, 0.6) is 0 Å². The molecule has 0 aromatic heterocycles. The molecule has 0 unspecified atom stereocenters. The lowest BCUT2D eigenvalue weighted by Crippen LogP contribution is -2.37. The van der Waals surface area contributed by atoms with Gasteiger partial charge < -0.3 is 4.74 Å². The van der Waals surface area contributed by atoms with E-state index in [1.54, 1.807) is 0 Å². The van der Waals surface area contributed by atoms with E-state index >= 15 is 0 Å². The van der Waals surface area contributed by atoms with Gasteiger partial charge in [-0.05, 0) is 36.5 Å². The van der Waals surface area contributed by atoms with Crippen molar-refractivity contribution in [2.75, 3.05) is 0 Å². The Bertz CT molecular complexity index is 270. The maximum atomic E-state index is 12.1. The highest BCUT2D eigenvalue weighted by atomic mass is 16.5. The standard InChI is InChI=1S/C16H30O2/c1-10(2)13(6)16(17)18-15-9-12(5)7-8-14(15)11(3)4/h10-15H,7-9H2,1-6H3/t12-,13-,14-,15+/m0/s1. The van der Waals surface area contributed by atoms with Crippen LogP contribution in [0, 0.1) is 29.6 Å². The molecule has 0 radical (unpaired) electrons. The van der Waals surface area contributed by atoms with Gasteiger partial charge in [-0.1, -0.05) is 48.0 Å². The quantitative estimate of drug-likeness (QED) is 0.700. The third-order valence-electron chi connectivity index (χ3n) is 4.60. The molecule has 0 aromatic carbocycles.